The quantitative estimate of drug-likeness (QED) is 0.864. The average Bonchev–Trinajstić information content (AvgIpc) is 2.69. The Morgan fingerprint density at radius 3 is 2.41 bits per heavy atom. The third kappa shape index (κ3) is 2.62. The van der Waals surface area contributed by atoms with Crippen LogP contribution < -0.4 is 0 Å². The molecule has 0 spiro atoms. The van der Waals surface area contributed by atoms with Crippen molar-refractivity contribution in [2.24, 2.45) is 0 Å². The zero-order valence-corrected chi connectivity index (χ0v) is 12.5. The van der Waals surface area contributed by atoms with Crippen molar-refractivity contribution in [3.63, 3.8) is 0 Å². The van der Waals surface area contributed by atoms with E-state index in [1.54, 1.807) is 11.3 Å². The van der Waals surface area contributed by atoms with Gasteiger partial charge in [-0.2, -0.15) is 0 Å². The number of aliphatic hydroxyl groups is 1. The summed E-state index contributed by atoms with van der Waals surface area (Å²) in [5.41, 5.74) is 3.26. The maximum atomic E-state index is 10.4. The molecule has 0 aliphatic rings. The van der Waals surface area contributed by atoms with E-state index >= 15 is 0 Å². The largest absolute Gasteiger partial charge is 0.383 e. The molecular formula is C14H15BrOS. The van der Waals surface area contributed by atoms with Crippen LogP contribution in [-0.2, 0) is 0 Å². The number of aliphatic hydroxyl groups excluding tert-OH is 1. The van der Waals surface area contributed by atoms with Crippen LogP contribution in [0.4, 0.5) is 0 Å². The fraction of sp³-hybridized carbons (Fsp3) is 0.286. The van der Waals surface area contributed by atoms with Crippen LogP contribution in [0.1, 0.15) is 32.5 Å². The molecule has 0 saturated heterocycles. The van der Waals surface area contributed by atoms with Crippen LogP contribution in [0.5, 0.6) is 0 Å². The normalized spacial score (nSPS) is 12.8. The van der Waals surface area contributed by atoms with E-state index in [0.29, 0.717) is 0 Å². The fourth-order valence-corrected chi connectivity index (χ4v) is 3.19. The molecule has 0 fully saturated rings. The fourth-order valence-electron chi connectivity index (χ4n) is 1.85. The molecule has 0 amide bonds. The van der Waals surface area contributed by atoms with Crippen LogP contribution in [-0.4, -0.2) is 5.11 Å². The summed E-state index contributed by atoms with van der Waals surface area (Å²) in [6.45, 7) is 6.13. The molecule has 1 unspecified atom stereocenters. The average molecular weight is 311 g/mol. The molecule has 2 rings (SSSR count). The van der Waals surface area contributed by atoms with E-state index in [1.807, 2.05) is 26.0 Å². The third-order valence-corrected chi connectivity index (χ3v) is 4.78. The molecule has 0 radical (unpaired) electrons. The molecule has 0 aliphatic heterocycles. The first kappa shape index (κ1) is 12.8. The molecule has 17 heavy (non-hydrogen) atoms. The lowest BCUT2D eigenvalue weighted by molar-refractivity contribution is 0.223. The Morgan fingerprint density at radius 2 is 1.82 bits per heavy atom. The Morgan fingerprint density at radius 1 is 1.12 bits per heavy atom. The minimum Gasteiger partial charge on any atom is -0.383 e. The Balaban J connectivity index is 2.43. The lowest BCUT2D eigenvalue weighted by atomic mass is 10.00. The van der Waals surface area contributed by atoms with Gasteiger partial charge in [-0.1, -0.05) is 22.0 Å². The van der Waals surface area contributed by atoms with Crippen molar-refractivity contribution >= 4 is 27.3 Å². The van der Waals surface area contributed by atoms with Crippen molar-refractivity contribution in [2.45, 2.75) is 26.9 Å². The first-order valence-electron chi connectivity index (χ1n) is 5.50. The third-order valence-electron chi connectivity index (χ3n) is 2.87. The molecule has 0 bridgehead atoms. The second-order valence-corrected chi connectivity index (χ2v) is 6.48. The van der Waals surface area contributed by atoms with Crippen molar-refractivity contribution in [1.82, 2.24) is 0 Å². The number of benzene rings is 1. The van der Waals surface area contributed by atoms with Gasteiger partial charge in [-0.3, -0.25) is 0 Å². The van der Waals surface area contributed by atoms with E-state index in [0.717, 1.165) is 26.0 Å². The lowest BCUT2D eigenvalue weighted by Gasteiger charge is -2.14. The number of aryl methyl sites for hydroxylation is 3. The molecule has 3 heteroatoms. The summed E-state index contributed by atoms with van der Waals surface area (Å²) in [6.07, 6.45) is -0.513. The van der Waals surface area contributed by atoms with Crippen molar-refractivity contribution in [3.8, 4) is 0 Å². The minimum absolute atomic E-state index is 0.513. The van der Waals surface area contributed by atoms with Crippen molar-refractivity contribution in [3.05, 3.63) is 55.2 Å². The zero-order valence-electron chi connectivity index (χ0n) is 10.1. The van der Waals surface area contributed by atoms with Crippen LogP contribution in [0.15, 0.2) is 28.7 Å². The molecule has 0 aliphatic carbocycles. The van der Waals surface area contributed by atoms with E-state index < -0.39 is 6.10 Å². The standard InChI is InChI=1S/C14H15BrOS/c1-8-7-12(15)9(2)6-11(8)14(16)13-5-4-10(3)17-13/h4-7,14,16H,1-3H3. The number of thiophene rings is 1. The highest BCUT2D eigenvalue weighted by Crippen LogP contribution is 2.32. The predicted molar refractivity (Wildman–Crippen MR) is 76.7 cm³/mol. The lowest BCUT2D eigenvalue weighted by Crippen LogP contribution is -2.00. The van der Waals surface area contributed by atoms with Gasteiger partial charge < -0.3 is 5.11 Å². The van der Waals surface area contributed by atoms with Crippen LogP contribution in [0.3, 0.4) is 0 Å². The minimum atomic E-state index is -0.513. The SMILES string of the molecule is Cc1ccc(C(O)c2cc(C)c(Br)cc2C)s1. The maximum absolute atomic E-state index is 10.4. The van der Waals surface area contributed by atoms with Gasteiger partial charge in [0, 0.05) is 14.2 Å². The summed E-state index contributed by atoms with van der Waals surface area (Å²) < 4.78 is 1.09. The van der Waals surface area contributed by atoms with Gasteiger partial charge in [-0.25, -0.2) is 0 Å². The molecule has 90 valence electrons. The van der Waals surface area contributed by atoms with E-state index in [9.17, 15) is 5.11 Å². The molecule has 1 N–H and O–H groups in total. The summed E-state index contributed by atoms with van der Waals surface area (Å²) in [5.74, 6) is 0. The van der Waals surface area contributed by atoms with Crippen LogP contribution in [0.25, 0.3) is 0 Å². The van der Waals surface area contributed by atoms with Gasteiger partial charge in [0.1, 0.15) is 6.10 Å². The van der Waals surface area contributed by atoms with E-state index in [2.05, 4.69) is 35.0 Å². The molecule has 1 aromatic heterocycles. The number of hydrogen-bond donors (Lipinski definition) is 1. The van der Waals surface area contributed by atoms with Crippen LogP contribution in [0.2, 0.25) is 0 Å². The molecule has 1 heterocycles. The Labute approximate surface area is 114 Å². The molecule has 1 aromatic carbocycles. The molecule has 2 aromatic rings. The maximum Gasteiger partial charge on any atom is 0.113 e. The van der Waals surface area contributed by atoms with Crippen molar-refractivity contribution < 1.29 is 5.11 Å². The Hall–Kier alpha value is -0.640. The summed E-state index contributed by atoms with van der Waals surface area (Å²) in [7, 11) is 0. The molecule has 1 atom stereocenters. The van der Waals surface area contributed by atoms with Crippen LogP contribution in [0, 0.1) is 20.8 Å². The predicted octanol–water partition coefficient (Wildman–Crippen LogP) is 4.52. The van der Waals surface area contributed by atoms with Crippen molar-refractivity contribution in [2.75, 3.05) is 0 Å². The van der Waals surface area contributed by atoms with Crippen molar-refractivity contribution in [1.29, 1.82) is 0 Å². The van der Waals surface area contributed by atoms with Gasteiger partial charge in [0.25, 0.3) is 0 Å². The summed E-state index contributed by atoms with van der Waals surface area (Å²) in [4.78, 5) is 2.23. The first-order valence-corrected chi connectivity index (χ1v) is 7.11. The van der Waals surface area contributed by atoms with Gasteiger partial charge in [-0.15, -0.1) is 11.3 Å². The summed E-state index contributed by atoms with van der Waals surface area (Å²) in [5, 5.41) is 10.4. The summed E-state index contributed by atoms with van der Waals surface area (Å²) in [6, 6.07) is 8.17. The second kappa shape index (κ2) is 4.92. The number of hydrogen-bond acceptors (Lipinski definition) is 2. The summed E-state index contributed by atoms with van der Waals surface area (Å²) >= 11 is 5.16. The highest BCUT2D eigenvalue weighted by Gasteiger charge is 2.15. The molecule has 1 nitrogen and oxygen atoms in total. The number of halogens is 1. The zero-order chi connectivity index (χ0) is 12.6. The molecule has 0 saturated carbocycles. The van der Waals surface area contributed by atoms with Gasteiger partial charge in [0.2, 0.25) is 0 Å². The highest BCUT2D eigenvalue weighted by atomic mass is 79.9. The second-order valence-electron chi connectivity index (χ2n) is 4.31. The van der Waals surface area contributed by atoms with Gasteiger partial charge in [-0.05, 0) is 55.7 Å². The topological polar surface area (TPSA) is 20.2 Å². The van der Waals surface area contributed by atoms with Gasteiger partial charge in [0.05, 0.1) is 0 Å². The smallest absolute Gasteiger partial charge is 0.113 e. The van der Waals surface area contributed by atoms with Gasteiger partial charge >= 0.3 is 0 Å². The molecular weight excluding hydrogens is 296 g/mol. The van der Waals surface area contributed by atoms with E-state index in [-0.39, 0.29) is 0 Å². The number of rotatable bonds is 2. The Kier molecular flexibility index (Phi) is 3.71. The first-order chi connectivity index (χ1) is 7.99. The van der Waals surface area contributed by atoms with Crippen LogP contribution >= 0.6 is 27.3 Å². The highest BCUT2D eigenvalue weighted by molar-refractivity contribution is 9.10. The van der Waals surface area contributed by atoms with E-state index in [4.69, 9.17) is 0 Å². The van der Waals surface area contributed by atoms with Gasteiger partial charge in [0.15, 0.2) is 0 Å². The Bertz CT molecular complexity index is 545. The monoisotopic (exact) mass is 310 g/mol. The van der Waals surface area contributed by atoms with E-state index in [1.165, 1.54) is 4.88 Å².